The molecule has 1 rings (SSSR count). The van der Waals surface area contributed by atoms with E-state index in [-0.39, 0.29) is 22.3 Å². The lowest BCUT2D eigenvalue weighted by atomic mass is 10.2. The molecule has 0 unspecified atom stereocenters. The molecule has 0 heterocycles. The standard InChI is InChI=1S/C10H12ClN3O3/c1-6(12-2)10(15)13-9-5-7(14(16)17)3-4-8(9)11/h3-6,12H,1-2H3,(H,13,15)/t6-/m0/s1. The number of carbonyl (C=O) groups excluding carboxylic acids is 1. The summed E-state index contributed by atoms with van der Waals surface area (Å²) in [6, 6.07) is 3.46. The molecule has 0 fully saturated rings. The van der Waals surface area contributed by atoms with Gasteiger partial charge in [-0.05, 0) is 20.0 Å². The summed E-state index contributed by atoms with van der Waals surface area (Å²) < 4.78 is 0. The molecular weight excluding hydrogens is 246 g/mol. The van der Waals surface area contributed by atoms with Crippen molar-refractivity contribution < 1.29 is 9.72 Å². The van der Waals surface area contributed by atoms with Gasteiger partial charge >= 0.3 is 0 Å². The SMILES string of the molecule is CN[C@@H](C)C(=O)Nc1cc([N+](=O)[O-])ccc1Cl. The van der Waals surface area contributed by atoms with Gasteiger partial charge in [0, 0.05) is 12.1 Å². The third kappa shape index (κ3) is 3.40. The van der Waals surface area contributed by atoms with Crippen LogP contribution in [0.1, 0.15) is 6.92 Å². The Bertz CT molecular complexity index is 450. The maximum Gasteiger partial charge on any atom is 0.271 e. The molecule has 0 radical (unpaired) electrons. The zero-order valence-electron chi connectivity index (χ0n) is 9.36. The molecule has 0 aliphatic carbocycles. The molecule has 2 N–H and O–H groups in total. The third-order valence-electron chi connectivity index (χ3n) is 2.24. The second-order valence-electron chi connectivity index (χ2n) is 3.42. The summed E-state index contributed by atoms with van der Waals surface area (Å²) in [4.78, 5) is 21.6. The van der Waals surface area contributed by atoms with Crippen molar-refractivity contribution in [2.75, 3.05) is 12.4 Å². The van der Waals surface area contributed by atoms with Crippen molar-refractivity contribution in [3.8, 4) is 0 Å². The van der Waals surface area contributed by atoms with Crippen molar-refractivity contribution >= 4 is 28.9 Å². The predicted octanol–water partition coefficient (Wildman–Crippen LogP) is 1.79. The molecule has 6 nitrogen and oxygen atoms in total. The van der Waals surface area contributed by atoms with Crippen LogP contribution in [0.4, 0.5) is 11.4 Å². The number of hydrogen-bond acceptors (Lipinski definition) is 4. The molecular formula is C10H12ClN3O3. The van der Waals surface area contributed by atoms with Crippen molar-refractivity contribution in [3.63, 3.8) is 0 Å². The summed E-state index contributed by atoms with van der Waals surface area (Å²) in [7, 11) is 1.64. The molecule has 1 amide bonds. The molecule has 0 saturated carbocycles. The van der Waals surface area contributed by atoms with E-state index in [1.807, 2.05) is 0 Å². The Morgan fingerprint density at radius 3 is 2.71 bits per heavy atom. The summed E-state index contributed by atoms with van der Waals surface area (Å²) in [6.07, 6.45) is 0. The molecule has 0 aromatic heterocycles. The zero-order valence-corrected chi connectivity index (χ0v) is 10.1. The number of likely N-dealkylation sites (N-methyl/N-ethyl adjacent to an activating group) is 1. The van der Waals surface area contributed by atoms with E-state index in [9.17, 15) is 14.9 Å². The molecule has 7 heteroatoms. The van der Waals surface area contributed by atoms with Gasteiger partial charge in [-0.3, -0.25) is 14.9 Å². The third-order valence-corrected chi connectivity index (χ3v) is 2.57. The maximum atomic E-state index is 11.6. The van der Waals surface area contributed by atoms with Crippen LogP contribution in [0, 0.1) is 10.1 Å². The first-order valence-corrected chi connectivity index (χ1v) is 5.25. The molecule has 1 aromatic carbocycles. The topological polar surface area (TPSA) is 84.3 Å². The van der Waals surface area contributed by atoms with Crippen molar-refractivity contribution in [2.45, 2.75) is 13.0 Å². The van der Waals surface area contributed by atoms with Gasteiger partial charge in [0.1, 0.15) is 0 Å². The van der Waals surface area contributed by atoms with Crippen molar-refractivity contribution in [3.05, 3.63) is 33.3 Å². The van der Waals surface area contributed by atoms with Gasteiger partial charge in [-0.2, -0.15) is 0 Å². The fourth-order valence-electron chi connectivity index (χ4n) is 1.09. The van der Waals surface area contributed by atoms with Gasteiger partial charge in [0.15, 0.2) is 0 Å². The van der Waals surface area contributed by atoms with Crippen molar-refractivity contribution in [1.29, 1.82) is 0 Å². The number of amides is 1. The molecule has 17 heavy (non-hydrogen) atoms. The second kappa shape index (κ2) is 5.60. The minimum atomic E-state index is -0.548. The molecule has 92 valence electrons. The van der Waals surface area contributed by atoms with E-state index in [0.29, 0.717) is 0 Å². The molecule has 1 aromatic rings. The Kier molecular flexibility index (Phi) is 4.42. The van der Waals surface area contributed by atoms with Crippen LogP contribution < -0.4 is 10.6 Å². The second-order valence-corrected chi connectivity index (χ2v) is 3.83. The number of nitro groups is 1. The van der Waals surface area contributed by atoms with Crippen LogP contribution in [0.2, 0.25) is 5.02 Å². The lowest BCUT2D eigenvalue weighted by molar-refractivity contribution is -0.384. The highest BCUT2D eigenvalue weighted by Gasteiger charge is 2.15. The average molecular weight is 258 g/mol. The number of nitrogens with one attached hydrogen (secondary N) is 2. The van der Waals surface area contributed by atoms with E-state index >= 15 is 0 Å². The van der Waals surface area contributed by atoms with Crippen LogP contribution in [0.25, 0.3) is 0 Å². The van der Waals surface area contributed by atoms with Gasteiger partial charge < -0.3 is 10.6 Å². The first kappa shape index (κ1) is 13.4. The minimum absolute atomic E-state index is 0.123. The molecule has 0 spiro atoms. The number of anilines is 1. The van der Waals surface area contributed by atoms with Crippen LogP contribution in [-0.4, -0.2) is 23.9 Å². The molecule has 0 bridgehead atoms. The van der Waals surface area contributed by atoms with Gasteiger partial charge in [0.05, 0.1) is 21.7 Å². The van der Waals surface area contributed by atoms with Gasteiger partial charge in [0.2, 0.25) is 5.91 Å². The highest BCUT2D eigenvalue weighted by molar-refractivity contribution is 6.33. The Hall–Kier alpha value is -1.66. The van der Waals surface area contributed by atoms with Gasteiger partial charge in [-0.25, -0.2) is 0 Å². The Morgan fingerprint density at radius 2 is 2.18 bits per heavy atom. The Labute approximate surface area is 103 Å². The quantitative estimate of drug-likeness (QED) is 0.636. The van der Waals surface area contributed by atoms with Crippen LogP contribution in [-0.2, 0) is 4.79 Å². The molecule has 0 aliphatic heterocycles. The van der Waals surface area contributed by atoms with Crippen LogP contribution in [0.3, 0.4) is 0 Å². The monoisotopic (exact) mass is 257 g/mol. The first-order chi connectivity index (χ1) is 7.95. The number of nitro benzene ring substituents is 1. The molecule has 0 saturated heterocycles. The normalized spacial score (nSPS) is 11.9. The maximum absolute atomic E-state index is 11.6. The number of halogens is 1. The summed E-state index contributed by atoms with van der Waals surface area (Å²) in [5.74, 6) is -0.310. The van der Waals surface area contributed by atoms with E-state index in [4.69, 9.17) is 11.6 Å². The van der Waals surface area contributed by atoms with Gasteiger partial charge in [-0.1, -0.05) is 11.6 Å². The number of carbonyl (C=O) groups is 1. The minimum Gasteiger partial charge on any atom is -0.323 e. The predicted molar refractivity (Wildman–Crippen MR) is 65.3 cm³/mol. The van der Waals surface area contributed by atoms with Crippen LogP contribution in [0.5, 0.6) is 0 Å². The zero-order chi connectivity index (χ0) is 13.0. The van der Waals surface area contributed by atoms with E-state index < -0.39 is 11.0 Å². The number of hydrogen-bond donors (Lipinski definition) is 2. The van der Waals surface area contributed by atoms with Gasteiger partial charge in [-0.15, -0.1) is 0 Å². The Balaban J connectivity index is 2.94. The van der Waals surface area contributed by atoms with E-state index in [0.717, 1.165) is 0 Å². The molecule has 0 aliphatic rings. The average Bonchev–Trinajstić information content (AvgIpc) is 2.30. The summed E-state index contributed by atoms with van der Waals surface area (Å²) in [6.45, 7) is 1.67. The van der Waals surface area contributed by atoms with Crippen molar-refractivity contribution in [1.82, 2.24) is 5.32 Å². The van der Waals surface area contributed by atoms with E-state index in [1.54, 1.807) is 14.0 Å². The summed E-state index contributed by atoms with van der Waals surface area (Å²) in [5, 5.41) is 16.1. The highest BCUT2D eigenvalue weighted by Crippen LogP contribution is 2.26. The highest BCUT2D eigenvalue weighted by atomic mass is 35.5. The van der Waals surface area contributed by atoms with Gasteiger partial charge in [0.25, 0.3) is 5.69 Å². The van der Waals surface area contributed by atoms with Crippen molar-refractivity contribution in [2.24, 2.45) is 0 Å². The van der Waals surface area contributed by atoms with E-state index in [1.165, 1.54) is 18.2 Å². The number of nitrogens with zero attached hydrogens (tertiary/aromatic N) is 1. The van der Waals surface area contributed by atoms with E-state index in [2.05, 4.69) is 10.6 Å². The first-order valence-electron chi connectivity index (χ1n) is 4.87. The smallest absolute Gasteiger partial charge is 0.271 e. The van der Waals surface area contributed by atoms with Crippen LogP contribution in [0.15, 0.2) is 18.2 Å². The fourth-order valence-corrected chi connectivity index (χ4v) is 1.26. The largest absolute Gasteiger partial charge is 0.323 e. The fraction of sp³-hybridized carbons (Fsp3) is 0.300. The summed E-state index contributed by atoms with van der Waals surface area (Å²) >= 11 is 5.84. The molecule has 1 atom stereocenters. The lowest BCUT2D eigenvalue weighted by Gasteiger charge is -2.11. The van der Waals surface area contributed by atoms with Crippen LogP contribution >= 0.6 is 11.6 Å². The lowest BCUT2D eigenvalue weighted by Crippen LogP contribution is -2.35. The number of non-ortho nitro benzene ring substituents is 1. The summed E-state index contributed by atoms with van der Waals surface area (Å²) in [5.41, 5.74) is 0.106. The Morgan fingerprint density at radius 1 is 1.53 bits per heavy atom. The number of benzene rings is 1. The number of rotatable bonds is 4.